The summed E-state index contributed by atoms with van der Waals surface area (Å²) >= 11 is 5.68. The molecule has 0 unspecified atom stereocenters. The summed E-state index contributed by atoms with van der Waals surface area (Å²) in [6, 6.07) is 12.4. The average molecular weight is 375 g/mol. The number of amides is 1. The van der Waals surface area contributed by atoms with Crippen LogP contribution in [-0.2, 0) is 6.54 Å². The molecule has 0 aliphatic carbocycles. The number of carbonyl (C=O) groups excluding carboxylic acids is 1. The zero-order valence-corrected chi connectivity index (χ0v) is 14.1. The second kappa shape index (κ2) is 7.49. The van der Waals surface area contributed by atoms with E-state index in [0.29, 0.717) is 0 Å². The Kier molecular flexibility index (Phi) is 5.14. The average Bonchev–Trinajstić information content (AvgIpc) is 2.62. The van der Waals surface area contributed by atoms with E-state index in [-0.39, 0.29) is 28.6 Å². The molecule has 0 atom stereocenters. The molecule has 132 valence electrons. The van der Waals surface area contributed by atoms with Crippen molar-refractivity contribution in [1.29, 1.82) is 0 Å². The largest absolute Gasteiger partial charge is 0.322 e. The molecular formula is C19H13ClF2N2O2. The number of halogens is 3. The van der Waals surface area contributed by atoms with E-state index in [0.717, 1.165) is 11.6 Å². The number of hydrogen-bond acceptors (Lipinski definition) is 2. The number of benzene rings is 2. The smallest absolute Gasteiger partial charge is 0.263 e. The van der Waals surface area contributed by atoms with E-state index in [9.17, 15) is 18.4 Å². The van der Waals surface area contributed by atoms with E-state index >= 15 is 0 Å². The second-order valence-corrected chi connectivity index (χ2v) is 5.97. The van der Waals surface area contributed by atoms with Gasteiger partial charge in [-0.05, 0) is 48.0 Å². The molecule has 1 heterocycles. The number of pyridine rings is 1. The van der Waals surface area contributed by atoms with Crippen molar-refractivity contribution < 1.29 is 13.6 Å². The molecule has 0 saturated heterocycles. The molecule has 0 aliphatic rings. The van der Waals surface area contributed by atoms with Gasteiger partial charge in [0.1, 0.15) is 17.2 Å². The highest BCUT2D eigenvalue weighted by Crippen LogP contribution is 2.19. The molecule has 26 heavy (non-hydrogen) atoms. The highest BCUT2D eigenvalue weighted by Gasteiger charge is 2.13. The van der Waals surface area contributed by atoms with E-state index in [2.05, 4.69) is 5.32 Å². The van der Waals surface area contributed by atoms with Gasteiger partial charge in [0.2, 0.25) is 0 Å². The minimum atomic E-state index is -0.633. The molecule has 1 aromatic heterocycles. The quantitative estimate of drug-likeness (QED) is 0.748. The molecule has 0 radical (unpaired) electrons. The van der Waals surface area contributed by atoms with Gasteiger partial charge in [0.05, 0.1) is 11.6 Å². The van der Waals surface area contributed by atoms with Crippen LogP contribution in [0.5, 0.6) is 0 Å². The molecule has 4 nitrogen and oxygen atoms in total. The number of nitrogens with one attached hydrogen (secondary N) is 1. The summed E-state index contributed by atoms with van der Waals surface area (Å²) in [7, 11) is 0. The fourth-order valence-electron chi connectivity index (χ4n) is 2.39. The number of rotatable bonds is 4. The van der Waals surface area contributed by atoms with Crippen LogP contribution in [0.25, 0.3) is 0 Å². The van der Waals surface area contributed by atoms with Gasteiger partial charge in [0.25, 0.3) is 11.5 Å². The van der Waals surface area contributed by atoms with Crippen LogP contribution in [0.3, 0.4) is 0 Å². The molecule has 3 rings (SSSR count). The molecule has 0 bridgehead atoms. The van der Waals surface area contributed by atoms with E-state index in [4.69, 9.17) is 11.6 Å². The third-order valence-electron chi connectivity index (χ3n) is 3.71. The number of hydrogen-bond donors (Lipinski definition) is 1. The maximum Gasteiger partial charge on any atom is 0.263 e. The number of anilines is 1. The van der Waals surface area contributed by atoms with E-state index < -0.39 is 17.3 Å². The molecular weight excluding hydrogens is 362 g/mol. The van der Waals surface area contributed by atoms with Crippen molar-refractivity contribution in [3.63, 3.8) is 0 Å². The van der Waals surface area contributed by atoms with Crippen molar-refractivity contribution in [2.45, 2.75) is 6.54 Å². The lowest BCUT2D eigenvalue weighted by Crippen LogP contribution is -2.29. The molecule has 1 amide bonds. The first-order chi connectivity index (χ1) is 12.4. The normalized spacial score (nSPS) is 10.6. The monoisotopic (exact) mass is 374 g/mol. The third kappa shape index (κ3) is 3.97. The Morgan fingerprint density at radius 2 is 1.81 bits per heavy atom. The number of aromatic nitrogens is 1. The Morgan fingerprint density at radius 1 is 1.08 bits per heavy atom. The lowest BCUT2D eigenvalue weighted by molar-refractivity contribution is 0.102. The Morgan fingerprint density at radius 3 is 2.50 bits per heavy atom. The van der Waals surface area contributed by atoms with Crippen molar-refractivity contribution in [1.82, 2.24) is 4.57 Å². The summed E-state index contributed by atoms with van der Waals surface area (Å²) in [5.41, 5.74) is 0.420. The zero-order chi connectivity index (χ0) is 18.7. The van der Waals surface area contributed by atoms with Crippen LogP contribution in [0.15, 0.2) is 65.6 Å². The van der Waals surface area contributed by atoms with Gasteiger partial charge in [0, 0.05) is 11.9 Å². The Bertz CT molecular complexity index is 1020. The fourth-order valence-corrected chi connectivity index (χ4v) is 2.57. The first-order valence-electron chi connectivity index (χ1n) is 7.64. The van der Waals surface area contributed by atoms with Gasteiger partial charge in [-0.2, -0.15) is 0 Å². The lowest BCUT2D eigenvalue weighted by atomic mass is 10.2. The molecule has 1 N–H and O–H groups in total. The summed E-state index contributed by atoms with van der Waals surface area (Å²) in [5.74, 6) is -1.61. The maximum absolute atomic E-state index is 13.2. The summed E-state index contributed by atoms with van der Waals surface area (Å²) in [6.45, 7) is 0.197. The van der Waals surface area contributed by atoms with Crippen LogP contribution in [0.1, 0.15) is 15.9 Å². The highest BCUT2D eigenvalue weighted by molar-refractivity contribution is 6.31. The molecule has 0 aliphatic heterocycles. The van der Waals surface area contributed by atoms with Crippen molar-refractivity contribution in [2.75, 3.05) is 5.32 Å². The second-order valence-electron chi connectivity index (χ2n) is 5.56. The predicted molar refractivity (Wildman–Crippen MR) is 95.6 cm³/mol. The van der Waals surface area contributed by atoms with Crippen molar-refractivity contribution in [2.24, 2.45) is 0 Å². The number of carbonyl (C=O) groups is 1. The minimum absolute atomic E-state index is 0.0740. The van der Waals surface area contributed by atoms with E-state index in [1.165, 1.54) is 41.1 Å². The fraction of sp³-hybridized carbons (Fsp3) is 0.0526. The molecule has 0 saturated carbocycles. The molecule has 3 aromatic rings. The summed E-state index contributed by atoms with van der Waals surface area (Å²) < 4.78 is 27.5. The maximum atomic E-state index is 13.2. The van der Waals surface area contributed by atoms with Gasteiger partial charge < -0.3 is 9.88 Å². The van der Waals surface area contributed by atoms with E-state index in [1.807, 2.05) is 0 Å². The minimum Gasteiger partial charge on any atom is -0.322 e. The Labute approximate surface area is 152 Å². The molecule has 2 aromatic carbocycles. The van der Waals surface area contributed by atoms with Crippen LogP contribution < -0.4 is 10.9 Å². The van der Waals surface area contributed by atoms with Crippen LogP contribution >= 0.6 is 11.6 Å². The molecule has 0 fully saturated rings. The summed E-state index contributed by atoms with van der Waals surface area (Å²) in [4.78, 5) is 24.9. The first-order valence-corrected chi connectivity index (χ1v) is 8.02. The molecule has 7 heteroatoms. The van der Waals surface area contributed by atoms with Crippen molar-refractivity contribution >= 4 is 23.2 Å². The van der Waals surface area contributed by atoms with Crippen molar-refractivity contribution in [3.8, 4) is 0 Å². The Hall–Kier alpha value is -2.99. The first kappa shape index (κ1) is 17.8. The van der Waals surface area contributed by atoms with Crippen molar-refractivity contribution in [3.05, 3.63) is 98.9 Å². The topological polar surface area (TPSA) is 51.1 Å². The highest BCUT2D eigenvalue weighted by atomic mass is 35.5. The van der Waals surface area contributed by atoms with Gasteiger partial charge >= 0.3 is 0 Å². The standard InChI is InChI=1S/C19H13ClF2N2O2/c20-16-10-14(7-8-17(16)22)23-18(25)15-2-1-9-24(19(15)26)11-12-3-5-13(21)6-4-12/h1-10H,11H2,(H,23,25). The van der Waals surface area contributed by atoms with Crippen LogP contribution in [0.4, 0.5) is 14.5 Å². The van der Waals surface area contributed by atoms with Crippen LogP contribution in [0, 0.1) is 11.6 Å². The third-order valence-corrected chi connectivity index (χ3v) is 4.00. The summed E-state index contributed by atoms with van der Waals surface area (Å²) in [6.07, 6.45) is 1.54. The van der Waals surface area contributed by atoms with Gasteiger partial charge in [0.15, 0.2) is 0 Å². The number of nitrogens with zero attached hydrogens (tertiary/aromatic N) is 1. The zero-order valence-electron chi connectivity index (χ0n) is 13.4. The lowest BCUT2D eigenvalue weighted by Gasteiger charge is -2.09. The van der Waals surface area contributed by atoms with Crippen LogP contribution in [0.2, 0.25) is 5.02 Å². The van der Waals surface area contributed by atoms with Gasteiger partial charge in [-0.15, -0.1) is 0 Å². The van der Waals surface area contributed by atoms with Gasteiger partial charge in [-0.25, -0.2) is 8.78 Å². The van der Waals surface area contributed by atoms with Gasteiger partial charge in [-0.1, -0.05) is 23.7 Å². The van der Waals surface area contributed by atoms with Crippen LogP contribution in [-0.4, -0.2) is 10.5 Å². The molecule has 0 spiro atoms. The van der Waals surface area contributed by atoms with E-state index in [1.54, 1.807) is 18.2 Å². The predicted octanol–water partition coefficient (Wildman–Crippen LogP) is 4.08. The Balaban J connectivity index is 1.83. The SMILES string of the molecule is O=C(Nc1ccc(F)c(Cl)c1)c1cccn(Cc2ccc(F)cc2)c1=O. The summed E-state index contributed by atoms with van der Waals surface area (Å²) in [5, 5.41) is 2.38. The van der Waals surface area contributed by atoms with Gasteiger partial charge in [-0.3, -0.25) is 9.59 Å².